The van der Waals surface area contributed by atoms with Gasteiger partial charge >= 0.3 is 0 Å². The second kappa shape index (κ2) is 6.37. The van der Waals surface area contributed by atoms with Gasteiger partial charge in [-0.1, -0.05) is 13.3 Å². The van der Waals surface area contributed by atoms with E-state index in [1.165, 1.54) is 37.4 Å². The fourth-order valence-electron chi connectivity index (χ4n) is 4.87. The predicted octanol–water partition coefficient (Wildman–Crippen LogP) is 3.52. The molecule has 25 heavy (non-hydrogen) atoms. The Labute approximate surface area is 148 Å². The third-order valence-corrected chi connectivity index (χ3v) is 6.07. The van der Waals surface area contributed by atoms with Crippen molar-refractivity contribution in [2.24, 2.45) is 0 Å². The third kappa shape index (κ3) is 2.71. The van der Waals surface area contributed by atoms with Crippen LogP contribution >= 0.6 is 0 Å². The van der Waals surface area contributed by atoms with Crippen molar-refractivity contribution in [2.45, 2.75) is 57.4 Å². The van der Waals surface area contributed by atoms with Gasteiger partial charge in [0.1, 0.15) is 0 Å². The van der Waals surface area contributed by atoms with Crippen molar-refractivity contribution < 1.29 is 10.2 Å². The van der Waals surface area contributed by atoms with Crippen LogP contribution in [0.15, 0.2) is 12.1 Å². The molecule has 5 heteroatoms. The van der Waals surface area contributed by atoms with E-state index in [0.717, 1.165) is 42.6 Å². The number of likely N-dealkylation sites (tertiary alicyclic amines) is 1. The third-order valence-electron chi connectivity index (χ3n) is 6.07. The minimum Gasteiger partial charge on any atom is -0.504 e. The van der Waals surface area contributed by atoms with Crippen molar-refractivity contribution in [3.05, 3.63) is 23.4 Å². The number of rotatable bonds is 2. The number of nitrogens with two attached hydrogens (primary N) is 1. The number of aryl methyl sites for hydroxylation is 1. The molecule has 2 heterocycles. The van der Waals surface area contributed by atoms with Crippen LogP contribution in [-0.2, 0) is 6.42 Å². The summed E-state index contributed by atoms with van der Waals surface area (Å²) < 4.78 is 0. The fraction of sp³-hybridized carbons (Fsp3) is 0.550. The second-order valence-corrected chi connectivity index (χ2v) is 7.43. The molecule has 0 bridgehead atoms. The van der Waals surface area contributed by atoms with E-state index in [-0.39, 0.29) is 11.5 Å². The van der Waals surface area contributed by atoms with Crippen LogP contribution in [0, 0.1) is 0 Å². The summed E-state index contributed by atoms with van der Waals surface area (Å²) in [7, 11) is 0. The number of aromatic hydroxyl groups is 2. The van der Waals surface area contributed by atoms with Crippen LogP contribution in [0.25, 0.3) is 10.9 Å². The summed E-state index contributed by atoms with van der Waals surface area (Å²) >= 11 is 0. The standard InChI is InChI=1S/C20H27N3O2/c1-2-23-9-4-3-8-16(23)12-6-5-7-14-19(12)20(21)13-10-17(24)18(25)11-15(13)22-14/h10-12,16,24-25H,2-9H2,1H3,(H2,21,22). The molecular weight excluding hydrogens is 314 g/mol. The van der Waals surface area contributed by atoms with Gasteiger partial charge in [-0.2, -0.15) is 0 Å². The minimum absolute atomic E-state index is 0.138. The number of anilines is 1. The molecular formula is C20H27N3O2. The summed E-state index contributed by atoms with van der Waals surface area (Å²) in [5.74, 6) is 0.133. The molecule has 1 saturated heterocycles. The van der Waals surface area contributed by atoms with E-state index in [1.54, 1.807) is 6.07 Å². The van der Waals surface area contributed by atoms with Crippen molar-refractivity contribution in [1.29, 1.82) is 0 Å². The largest absolute Gasteiger partial charge is 0.504 e. The topological polar surface area (TPSA) is 82.6 Å². The van der Waals surface area contributed by atoms with Gasteiger partial charge in [-0.25, -0.2) is 0 Å². The Morgan fingerprint density at radius 2 is 1.96 bits per heavy atom. The Kier molecular flexibility index (Phi) is 4.20. The highest BCUT2D eigenvalue weighted by molar-refractivity contribution is 5.94. The maximum atomic E-state index is 9.90. The molecule has 2 aliphatic rings. The summed E-state index contributed by atoms with van der Waals surface area (Å²) in [6.07, 6.45) is 7.00. The van der Waals surface area contributed by atoms with Crippen LogP contribution < -0.4 is 5.73 Å². The lowest BCUT2D eigenvalue weighted by Gasteiger charge is -2.42. The van der Waals surface area contributed by atoms with Gasteiger partial charge in [0, 0.05) is 40.4 Å². The van der Waals surface area contributed by atoms with Gasteiger partial charge < -0.3 is 20.8 Å². The van der Waals surface area contributed by atoms with E-state index < -0.39 is 0 Å². The number of hydrogen-bond donors (Lipinski definition) is 3. The highest BCUT2D eigenvalue weighted by Gasteiger charge is 2.35. The van der Waals surface area contributed by atoms with Crippen LogP contribution in [0.4, 0.5) is 5.69 Å². The van der Waals surface area contributed by atoms with Crippen molar-refractivity contribution in [3.63, 3.8) is 0 Å². The van der Waals surface area contributed by atoms with Gasteiger partial charge in [0.25, 0.3) is 0 Å². The number of hydrogen-bond acceptors (Lipinski definition) is 5. The Morgan fingerprint density at radius 3 is 2.76 bits per heavy atom. The zero-order chi connectivity index (χ0) is 17.6. The monoisotopic (exact) mass is 341 g/mol. The highest BCUT2D eigenvalue weighted by atomic mass is 16.3. The summed E-state index contributed by atoms with van der Waals surface area (Å²) in [4.78, 5) is 7.40. The smallest absolute Gasteiger partial charge is 0.159 e. The summed E-state index contributed by atoms with van der Waals surface area (Å²) in [6, 6.07) is 3.60. The zero-order valence-corrected chi connectivity index (χ0v) is 14.8. The molecule has 0 amide bonds. The molecule has 1 aromatic carbocycles. The molecule has 4 N–H and O–H groups in total. The van der Waals surface area contributed by atoms with E-state index in [4.69, 9.17) is 10.7 Å². The summed E-state index contributed by atoms with van der Waals surface area (Å²) in [6.45, 7) is 4.49. The van der Waals surface area contributed by atoms with Gasteiger partial charge in [-0.3, -0.25) is 4.98 Å². The number of nitrogen functional groups attached to an aromatic ring is 1. The van der Waals surface area contributed by atoms with Crippen LogP contribution in [-0.4, -0.2) is 39.2 Å². The molecule has 5 nitrogen and oxygen atoms in total. The Bertz CT molecular complexity index is 805. The normalized spacial score (nSPS) is 24.4. The Balaban J connectivity index is 1.85. The lowest BCUT2D eigenvalue weighted by Crippen LogP contribution is -2.44. The Morgan fingerprint density at radius 1 is 1.16 bits per heavy atom. The molecule has 2 atom stereocenters. The van der Waals surface area contributed by atoms with E-state index in [0.29, 0.717) is 17.5 Å². The number of piperidine rings is 1. The fourth-order valence-corrected chi connectivity index (χ4v) is 4.87. The maximum absolute atomic E-state index is 9.90. The highest BCUT2D eigenvalue weighted by Crippen LogP contribution is 2.44. The van der Waals surface area contributed by atoms with Crippen molar-refractivity contribution in [2.75, 3.05) is 18.8 Å². The number of benzene rings is 1. The van der Waals surface area contributed by atoms with E-state index in [2.05, 4.69) is 11.8 Å². The molecule has 0 saturated carbocycles. The van der Waals surface area contributed by atoms with E-state index in [1.807, 2.05) is 0 Å². The minimum atomic E-state index is -0.142. The number of fused-ring (bicyclic) bond motifs is 2. The molecule has 1 fully saturated rings. The van der Waals surface area contributed by atoms with Crippen LogP contribution in [0.1, 0.15) is 56.2 Å². The van der Waals surface area contributed by atoms with Crippen molar-refractivity contribution in [3.8, 4) is 11.5 Å². The molecule has 0 radical (unpaired) electrons. The van der Waals surface area contributed by atoms with Gasteiger partial charge in [-0.05, 0) is 51.3 Å². The first-order valence-electron chi connectivity index (χ1n) is 9.48. The van der Waals surface area contributed by atoms with E-state index in [9.17, 15) is 10.2 Å². The molecule has 4 rings (SSSR count). The second-order valence-electron chi connectivity index (χ2n) is 7.43. The lowest BCUT2D eigenvalue weighted by atomic mass is 9.76. The number of aromatic nitrogens is 1. The van der Waals surface area contributed by atoms with Crippen LogP contribution in [0.5, 0.6) is 11.5 Å². The number of nitrogens with zero attached hydrogens (tertiary/aromatic N) is 2. The molecule has 2 unspecified atom stereocenters. The number of phenols is 2. The van der Waals surface area contributed by atoms with Crippen molar-refractivity contribution >= 4 is 16.6 Å². The molecule has 0 spiro atoms. The molecule has 1 aliphatic heterocycles. The van der Waals surface area contributed by atoms with E-state index >= 15 is 0 Å². The Hall–Kier alpha value is -2.01. The van der Waals surface area contributed by atoms with Gasteiger partial charge in [0.2, 0.25) is 0 Å². The van der Waals surface area contributed by atoms with Gasteiger partial charge in [-0.15, -0.1) is 0 Å². The maximum Gasteiger partial charge on any atom is 0.159 e. The quantitative estimate of drug-likeness (QED) is 0.728. The number of likely N-dealkylation sites (N-methyl/N-ethyl adjacent to an activating group) is 1. The number of pyridine rings is 1. The predicted molar refractivity (Wildman–Crippen MR) is 100 cm³/mol. The van der Waals surface area contributed by atoms with Crippen molar-refractivity contribution in [1.82, 2.24) is 9.88 Å². The van der Waals surface area contributed by atoms with Crippen LogP contribution in [0.2, 0.25) is 0 Å². The SMILES string of the molecule is CCN1CCCCC1C1CCCc2nc3cc(O)c(O)cc3c(N)c21. The molecule has 1 aliphatic carbocycles. The molecule has 1 aromatic heterocycles. The van der Waals surface area contributed by atoms with Crippen LogP contribution in [0.3, 0.4) is 0 Å². The summed E-state index contributed by atoms with van der Waals surface area (Å²) in [5.41, 5.74) is 10.3. The average molecular weight is 341 g/mol. The first-order valence-corrected chi connectivity index (χ1v) is 9.48. The first kappa shape index (κ1) is 16.5. The zero-order valence-electron chi connectivity index (χ0n) is 14.8. The number of phenolic OH excluding ortho intramolecular Hbond substituents is 2. The molecule has 134 valence electrons. The molecule has 2 aromatic rings. The van der Waals surface area contributed by atoms with Gasteiger partial charge in [0.05, 0.1) is 5.52 Å². The lowest BCUT2D eigenvalue weighted by molar-refractivity contribution is 0.126. The first-order chi connectivity index (χ1) is 12.1. The van der Waals surface area contributed by atoms with Gasteiger partial charge in [0.15, 0.2) is 11.5 Å². The average Bonchev–Trinajstić information content (AvgIpc) is 2.63. The summed E-state index contributed by atoms with van der Waals surface area (Å²) in [5, 5.41) is 20.4.